The van der Waals surface area contributed by atoms with Gasteiger partial charge in [0.05, 0.1) is 33.2 Å². The van der Waals surface area contributed by atoms with Crippen LogP contribution in [-0.2, 0) is 30.8 Å². The summed E-state index contributed by atoms with van der Waals surface area (Å²) in [4.78, 5) is 12.0. The summed E-state index contributed by atoms with van der Waals surface area (Å²) in [7, 11) is -2.02. The van der Waals surface area contributed by atoms with Gasteiger partial charge in [0.15, 0.2) is 11.5 Å². The number of carbonyl (C=O) groups is 1. The Labute approximate surface area is 188 Å². The van der Waals surface area contributed by atoms with E-state index < -0.39 is 16.1 Å². The van der Waals surface area contributed by atoms with Crippen LogP contribution >= 0.6 is 0 Å². The minimum atomic E-state index is -3.55. The van der Waals surface area contributed by atoms with Gasteiger partial charge in [0.1, 0.15) is 5.75 Å². The molecule has 0 bridgehead atoms. The molecule has 0 unspecified atom stereocenters. The predicted octanol–water partition coefficient (Wildman–Crippen LogP) is 3.60. The molecule has 32 heavy (non-hydrogen) atoms. The largest absolute Gasteiger partial charge is 0.493 e. The van der Waals surface area contributed by atoms with Gasteiger partial charge in [0.25, 0.3) is 0 Å². The summed E-state index contributed by atoms with van der Waals surface area (Å²) < 4.78 is 48.8. The maximum Gasteiger partial charge on any atom is 0.373 e. The molecule has 0 atom stereocenters. The zero-order chi connectivity index (χ0) is 23.6. The van der Waals surface area contributed by atoms with Gasteiger partial charge in [0, 0.05) is 6.42 Å². The molecule has 0 saturated heterocycles. The van der Waals surface area contributed by atoms with Gasteiger partial charge in [-0.25, -0.2) is 4.79 Å². The number of rotatable bonds is 12. The predicted molar refractivity (Wildman–Crippen MR) is 120 cm³/mol. The molecule has 0 aliphatic carbocycles. The van der Waals surface area contributed by atoms with E-state index in [9.17, 15) is 13.2 Å². The van der Waals surface area contributed by atoms with Crippen LogP contribution < -0.4 is 13.7 Å². The van der Waals surface area contributed by atoms with E-state index >= 15 is 0 Å². The van der Waals surface area contributed by atoms with Crippen molar-refractivity contribution in [3.63, 3.8) is 0 Å². The van der Waals surface area contributed by atoms with Crippen LogP contribution in [0, 0.1) is 0 Å². The third-order valence-corrected chi connectivity index (χ3v) is 4.58. The molecule has 2 aromatic carbocycles. The monoisotopic (exact) mass is 464 g/mol. The fourth-order valence-electron chi connectivity index (χ4n) is 2.73. The Morgan fingerprint density at radius 1 is 0.969 bits per heavy atom. The van der Waals surface area contributed by atoms with Gasteiger partial charge in [-0.15, -0.1) is 0 Å². The second-order valence-corrected chi connectivity index (χ2v) is 8.18. The molecule has 0 aliphatic rings. The summed E-state index contributed by atoms with van der Waals surface area (Å²) >= 11 is 0. The maximum absolute atomic E-state index is 12.0. The third-order valence-electron chi connectivity index (χ3n) is 4.08. The van der Waals surface area contributed by atoms with E-state index in [1.54, 1.807) is 62.4 Å². The van der Waals surface area contributed by atoms with Crippen LogP contribution in [0.1, 0.15) is 25.0 Å². The molecule has 8 nitrogen and oxygen atoms in total. The normalized spacial score (nSPS) is 11.6. The molecule has 0 radical (unpaired) electrons. The number of carbonyl (C=O) groups excluding carboxylic acids is 1. The van der Waals surface area contributed by atoms with Gasteiger partial charge in [-0.05, 0) is 55.3 Å². The highest BCUT2D eigenvalue weighted by Gasteiger charge is 2.13. The lowest BCUT2D eigenvalue weighted by Crippen LogP contribution is -2.10. The number of methoxy groups -OCH3 is 1. The van der Waals surface area contributed by atoms with Gasteiger partial charge in [-0.3, -0.25) is 0 Å². The van der Waals surface area contributed by atoms with E-state index in [1.165, 1.54) is 7.11 Å². The van der Waals surface area contributed by atoms with Crippen molar-refractivity contribution >= 4 is 22.2 Å². The standard InChI is InChI=1S/C23H28O8S/c1-5-28-22(23(24)29-6-2)16-18-9-12-20(21(15-18)27-3)30-14-13-17-7-10-19(11-8-17)31-32(4,25)26/h7-12,15-16H,5-6,13-14H2,1-4H3/b22-16-. The molecular weight excluding hydrogens is 436 g/mol. The number of hydrogen-bond acceptors (Lipinski definition) is 8. The van der Waals surface area contributed by atoms with Crippen LogP contribution in [0.25, 0.3) is 6.08 Å². The molecule has 0 saturated carbocycles. The van der Waals surface area contributed by atoms with Gasteiger partial charge in [-0.1, -0.05) is 18.2 Å². The molecule has 174 valence electrons. The first-order chi connectivity index (χ1) is 15.3. The number of esters is 1. The van der Waals surface area contributed by atoms with Gasteiger partial charge < -0.3 is 23.1 Å². The quantitative estimate of drug-likeness (QED) is 0.203. The smallest absolute Gasteiger partial charge is 0.373 e. The van der Waals surface area contributed by atoms with Crippen LogP contribution in [0.4, 0.5) is 0 Å². The first-order valence-electron chi connectivity index (χ1n) is 10.1. The highest BCUT2D eigenvalue weighted by Crippen LogP contribution is 2.29. The van der Waals surface area contributed by atoms with E-state index in [0.717, 1.165) is 11.8 Å². The minimum Gasteiger partial charge on any atom is -0.493 e. The summed E-state index contributed by atoms with van der Waals surface area (Å²) in [5.41, 5.74) is 1.66. The summed E-state index contributed by atoms with van der Waals surface area (Å²) in [6.07, 6.45) is 3.19. The molecule has 2 aromatic rings. The zero-order valence-electron chi connectivity index (χ0n) is 18.6. The van der Waals surface area contributed by atoms with Crippen molar-refractivity contribution in [1.29, 1.82) is 0 Å². The van der Waals surface area contributed by atoms with Crippen molar-refractivity contribution < 1.29 is 36.3 Å². The lowest BCUT2D eigenvalue weighted by atomic mass is 10.1. The van der Waals surface area contributed by atoms with Gasteiger partial charge in [-0.2, -0.15) is 8.42 Å². The van der Waals surface area contributed by atoms with E-state index in [4.69, 9.17) is 23.1 Å². The second-order valence-electron chi connectivity index (χ2n) is 6.60. The summed E-state index contributed by atoms with van der Waals surface area (Å²) in [5, 5.41) is 0. The van der Waals surface area contributed by atoms with Crippen molar-refractivity contribution in [2.45, 2.75) is 20.3 Å². The summed E-state index contributed by atoms with van der Waals surface area (Å²) in [6, 6.07) is 12.0. The molecule has 9 heteroatoms. The Kier molecular flexibility index (Phi) is 9.39. The van der Waals surface area contributed by atoms with Crippen LogP contribution in [0.15, 0.2) is 48.2 Å². The average Bonchev–Trinajstić information content (AvgIpc) is 2.74. The van der Waals surface area contributed by atoms with E-state index in [0.29, 0.717) is 36.7 Å². The summed E-state index contributed by atoms with van der Waals surface area (Å²) in [6.45, 7) is 4.49. The molecular formula is C23H28O8S. The van der Waals surface area contributed by atoms with Crippen molar-refractivity contribution in [3.8, 4) is 17.2 Å². The topological polar surface area (TPSA) is 97.4 Å². The fourth-order valence-corrected chi connectivity index (χ4v) is 3.19. The van der Waals surface area contributed by atoms with Crippen molar-refractivity contribution in [2.24, 2.45) is 0 Å². The highest BCUT2D eigenvalue weighted by atomic mass is 32.2. The Morgan fingerprint density at radius 2 is 1.66 bits per heavy atom. The molecule has 0 spiro atoms. The number of hydrogen-bond donors (Lipinski definition) is 0. The maximum atomic E-state index is 12.0. The molecule has 0 fully saturated rings. The SMILES string of the molecule is CCOC(=O)/C(=C/c1ccc(OCCc2ccc(OS(C)(=O)=O)cc2)c(OC)c1)OCC. The van der Waals surface area contributed by atoms with Crippen LogP contribution in [0.5, 0.6) is 17.2 Å². The van der Waals surface area contributed by atoms with E-state index in [1.807, 2.05) is 0 Å². The Morgan fingerprint density at radius 3 is 2.25 bits per heavy atom. The average molecular weight is 465 g/mol. The van der Waals surface area contributed by atoms with E-state index in [2.05, 4.69) is 0 Å². The molecule has 0 aliphatic heterocycles. The molecule has 2 rings (SSSR count). The number of ether oxygens (including phenoxy) is 4. The third kappa shape index (κ3) is 8.14. The van der Waals surface area contributed by atoms with Crippen LogP contribution in [0.3, 0.4) is 0 Å². The van der Waals surface area contributed by atoms with Crippen molar-refractivity contribution in [2.75, 3.05) is 33.2 Å². The van der Waals surface area contributed by atoms with Gasteiger partial charge >= 0.3 is 16.1 Å². The molecule has 0 N–H and O–H groups in total. The van der Waals surface area contributed by atoms with Gasteiger partial charge in [0.2, 0.25) is 5.76 Å². The first-order valence-corrected chi connectivity index (χ1v) is 11.9. The molecule has 0 amide bonds. The fraction of sp³-hybridized carbons (Fsp3) is 0.348. The molecule has 0 heterocycles. The second kappa shape index (κ2) is 12.0. The Bertz CT molecular complexity index is 1030. The minimum absolute atomic E-state index is 0.119. The Hall–Kier alpha value is -3.20. The number of benzene rings is 2. The van der Waals surface area contributed by atoms with Crippen LogP contribution in [-0.4, -0.2) is 47.6 Å². The molecule has 0 aromatic heterocycles. The first kappa shape index (κ1) is 25.1. The van der Waals surface area contributed by atoms with Crippen molar-refractivity contribution in [3.05, 3.63) is 59.4 Å². The van der Waals surface area contributed by atoms with Crippen molar-refractivity contribution in [1.82, 2.24) is 0 Å². The highest BCUT2D eigenvalue weighted by molar-refractivity contribution is 7.86. The lowest BCUT2D eigenvalue weighted by molar-refractivity contribution is -0.142. The lowest BCUT2D eigenvalue weighted by Gasteiger charge is -2.12. The van der Waals surface area contributed by atoms with E-state index in [-0.39, 0.29) is 18.1 Å². The zero-order valence-corrected chi connectivity index (χ0v) is 19.4. The summed E-state index contributed by atoms with van der Waals surface area (Å²) in [5.74, 6) is 0.915. The Balaban J connectivity index is 2.03. The van der Waals surface area contributed by atoms with Crippen LogP contribution in [0.2, 0.25) is 0 Å².